The highest BCUT2D eigenvalue weighted by Gasteiger charge is 2.29. The van der Waals surface area contributed by atoms with Gasteiger partial charge in [-0.3, -0.25) is 0 Å². The first-order valence-electron chi connectivity index (χ1n) is 7.16. The SMILES string of the molecule is CCCc1ccc(OCC2(O)CCCCC2)cc1. The van der Waals surface area contributed by atoms with Crippen LogP contribution in [0.4, 0.5) is 0 Å². The summed E-state index contributed by atoms with van der Waals surface area (Å²) in [4.78, 5) is 0. The molecule has 0 heterocycles. The van der Waals surface area contributed by atoms with Crippen molar-refractivity contribution in [2.75, 3.05) is 6.61 Å². The highest BCUT2D eigenvalue weighted by Crippen LogP contribution is 2.28. The van der Waals surface area contributed by atoms with Crippen molar-refractivity contribution in [3.05, 3.63) is 29.8 Å². The van der Waals surface area contributed by atoms with Gasteiger partial charge in [-0.25, -0.2) is 0 Å². The van der Waals surface area contributed by atoms with Crippen LogP contribution < -0.4 is 4.74 Å². The lowest BCUT2D eigenvalue weighted by atomic mass is 9.85. The molecule has 2 rings (SSSR count). The molecule has 1 aromatic rings. The Bertz CT molecular complexity index is 350. The van der Waals surface area contributed by atoms with Crippen molar-refractivity contribution in [3.63, 3.8) is 0 Å². The van der Waals surface area contributed by atoms with Gasteiger partial charge in [-0.2, -0.15) is 0 Å². The van der Waals surface area contributed by atoms with Gasteiger partial charge in [0.05, 0.1) is 5.60 Å². The normalized spacial score (nSPS) is 18.6. The third-order valence-electron chi connectivity index (χ3n) is 3.75. The Morgan fingerprint density at radius 3 is 2.39 bits per heavy atom. The molecule has 0 amide bonds. The van der Waals surface area contributed by atoms with Gasteiger partial charge >= 0.3 is 0 Å². The fourth-order valence-corrected chi connectivity index (χ4v) is 2.61. The van der Waals surface area contributed by atoms with Crippen LogP contribution in [0.1, 0.15) is 51.0 Å². The Morgan fingerprint density at radius 2 is 1.78 bits per heavy atom. The molecular formula is C16H24O2. The second-order valence-corrected chi connectivity index (χ2v) is 5.47. The second-order valence-electron chi connectivity index (χ2n) is 5.47. The summed E-state index contributed by atoms with van der Waals surface area (Å²) >= 11 is 0. The molecule has 0 unspecified atom stereocenters. The number of rotatable bonds is 5. The third-order valence-corrected chi connectivity index (χ3v) is 3.75. The van der Waals surface area contributed by atoms with Crippen LogP contribution in [-0.4, -0.2) is 17.3 Å². The van der Waals surface area contributed by atoms with E-state index in [9.17, 15) is 5.11 Å². The fourth-order valence-electron chi connectivity index (χ4n) is 2.61. The Kier molecular flexibility index (Phi) is 4.65. The molecule has 1 N–H and O–H groups in total. The molecule has 1 fully saturated rings. The molecule has 100 valence electrons. The Balaban J connectivity index is 1.85. The topological polar surface area (TPSA) is 29.5 Å². The van der Waals surface area contributed by atoms with Crippen LogP contribution in [0.3, 0.4) is 0 Å². The molecular weight excluding hydrogens is 224 g/mol. The van der Waals surface area contributed by atoms with Gasteiger partial charge in [-0.15, -0.1) is 0 Å². The minimum Gasteiger partial charge on any atom is -0.491 e. The third kappa shape index (κ3) is 3.74. The quantitative estimate of drug-likeness (QED) is 0.860. The molecule has 0 aliphatic heterocycles. The fraction of sp³-hybridized carbons (Fsp3) is 0.625. The molecule has 0 radical (unpaired) electrons. The maximum Gasteiger partial charge on any atom is 0.119 e. The van der Waals surface area contributed by atoms with Crippen LogP contribution in [0.25, 0.3) is 0 Å². The molecule has 1 aliphatic rings. The van der Waals surface area contributed by atoms with Crippen LogP contribution in [0.2, 0.25) is 0 Å². The smallest absolute Gasteiger partial charge is 0.119 e. The molecule has 0 aromatic heterocycles. The number of hydrogen-bond donors (Lipinski definition) is 1. The van der Waals surface area contributed by atoms with Crippen molar-refractivity contribution < 1.29 is 9.84 Å². The molecule has 0 saturated heterocycles. The lowest BCUT2D eigenvalue weighted by molar-refractivity contribution is -0.0339. The van der Waals surface area contributed by atoms with Gasteiger partial charge in [0, 0.05) is 0 Å². The van der Waals surface area contributed by atoms with Crippen LogP contribution in [0.5, 0.6) is 5.75 Å². The molecule has 2 heteroatoms. The molecule has 0 atom stereocenters. The number of aliphatic hydroxyl groups is 1. The summed E-state index contributed by atoms with van der Waals surface area (Å²) in [5.41, 5.74) is 0.751. The summed E-state index contributed by atoms with van der Waals surface area (Å²) in [6, 6.07) is 8.25. The minimum absolute atomic E-state index is 0.431. The maximum atomic E-state index is 10.3. The zero-order valence-corrected chi connectivity index (χ0v) is 11.3. The summed E-state index contributed by atoms with van der Waals surface area (Å²) in [6.07, 6.45) is 7.52. The average Bonchev–Trinajstić information content (AvgIpc) is 2.39. The zero-order valence-electron chi connectivity index (χ0n) is 11.3. The molecule has 1 aromatic carbocycles. The summed E-state index contributed by atoms with van der Waals surface area (Å²) in [7, 11) is 0. The first-order valence-corrected chi connectivity index (χ1v) is 7.16. The highest BCUT2D eigenvalue weighted by molar-refractivity contribution is 5.27. The summed E-state index contributed by atoms with van der Waals surface area (Å²) in [5, 5.41) is 10.3. The van der Waals surface area contributed by atoms with Crippen molar-refractivity contribution in [2.45, 2.75) is 57.5 Å². The van der Waals surface area contributed by atoms with Gasteiger partial charge in [0.25, 0.3) is 0 Å². The summed E-state index contributed by atoms with van der Waals surface area (Å²) in [5.74, 6) is 0.869. The lowest BCUT2D eigenvalue weighted by Crippen LogP contribution is -2.37. The molecule has 0 bridgehead atoms. The maximum absolute atomic E-state index is 10.3. The first-order chi connectivity index (χ1) is 8.72. The van der Waals surface area contributed by atoms with E-state index in [1.54, 1.807) is 0 Å². The van der Waals surface area contributed by atoms with Gasteiger partial charge in [-0.1, -0.05) is 44.7 Å². The van der Waals surface area contributed by atoms with Crippen LogP contribution in [-0.2, 0) is 6.42 Å². The van der Waals surface area contributed by atoms with Crippen LogP contribution >= 0.6 is 0 Å². The van der Waals surface area contributed by atoms with Crippen LogP contribution in [0, 0.1) is 0 Å². The molecule has 0 spiro atoms. The van der Waals surface area contributed by atoms with Gasteiger partial charge in [-0.05, 0) is 37.0 Å². The molecule has 2 nitrogen and oxygen atoms in total. The number of benzene rings is 1. The molecule has 1 aliphatic carbocycles. The summed E-state index contributed by atoms with van der Waals surface area (Å²) in [6.45, 7) is 2.61. The van der Waals surface area contributed by atoms with Crippen molar-refractivity contribution in [1.82, 2.24) is 0 Å². The number of aryl methyl sites for hydroxylation is 1. The van der Waals surface area contributed by atoms with E-state index in [1.807, 2.05) is 12.1 Å². The van der Waals surface area contributed by atoms with E-state index < -0.39 is 5.60 Å². The van der Waals surface area contributed by atoms with Crippen molar-refractivity contribution in [3.8, 4) is 5.75 Å². The Hall–Kier alpha value is -1.02. The van der Waals surface area contributed by atoms with E-state index in [0.717, 1.165) is 37.9 Å². The Labute approximate surface area is 110 Å². The summed E-state index contributed by atoms with van der Waals surface area (Å²) < 4.78 is 5.73. The van der Waals surface area contributed by atoms with Gasteiger partial charge in [0.1, 0.15) is 12.4 Å². The first kappa shape index (κ1) is 13.4. The standard InChI is InChI=1S/C16H24O2/c1-2-6-14-7-9-15(10-8-14)18-13-16(17)11-4-3-5-12-16/h7-10,17H,2-6,11-13H2,1H3. The van der Waals surface area contributed by atoms with E-state index >= 15 is 0 Å². The average molecular weight is 248 g/mol. The van der Waals surface area contributed by atoms with E-state index in [1.165, 1.54) is 18.4 Å². The van der Waals surface area contributed by atoms with E-state index in [-0.39, 0.29) is 0 Å². The predicted molar refractivity (Wildman–Crippen MR) is 74.0 cm³/mol. The number of ether oxygens (including phenoxy) is 1. The van der Waals surface area contributed by atoms with E-state index in [4.69, 9.17) is 4.74 Å². The highest BCUT2D eigenvalue weighted by atomic mass is 16.5. The van der Waals surface area contributed by atoms with Crippen molar-refractivity contribution in [1.29, 1.82) is 0 Å². The number of hydrogen-bond acceptors (Lipinski definition) is 2. The minimum atomic E-state index is -0.597. The van der Waals surface area contributed by atoms with Crippen LogP contribution in [0.15, 0.2) is 24.3 Å². The van der Waals surface area contributed by atoms with Crippen molar-refractivity contribution >= 4 is 0 Å². The van der Waals surface area contributed by atoms with Crippen molar-refractivity contribution in [2.24, 2.45) is 0 Å². The monoisotopic (exact) mass is 248 g/mol. The lowest BCUT2D eigenvalue weighted by Gasteiger charge is -2.31. The largest absolute Gasteiger partial charge is 0.491 e. The zero-order chi connectivity index (χ0) is 12.8. The van der Waals surface area contributed by atoms with Gasteiger partial charge < -0.3 is 9.84 Å². The Morgan fingerprint density at radius 1 is 1.11 bits per heavy atom. The molecule has 18 heavy (non-hydrogen) atoms. The van der Waals surface area contributed by atoms with Gasteiger partial charge in [0.15, 0.2) is 0 Å². The molecule has 1 saturated carbocycles. The second kappa shape index (κ2) is 6.24. The van der Waals surface area contributed by atoms with E-state index in [2.05, 4.69) is 19.1 Å². The van der Waals surface area contributed by atoms with E-state index in [0.29, 0.717) is 6.61 Å². The predicted octanol–water partition coefficient (Wildman–Crippen LogP) is 3.71. The van der Waals surface area contributed by atoms with Gasteiger partial charge in [0.2, 0.25) is 0 Å².